The Kier molecular flexibility index (Phi) is 3.90. The van der Waals surface area contributed by atoms with Crippen molar-refractivity contribution >= 4 is 14.3 Å². The van der Waals surface area contributed by atoms with Gasteiger partial charge in [0.05, 0.1) is 24.4 Å². The van der Waals surface area contributed by atoms with Gasteiger partial charge in [-0.15, -0.1) is 0 Å². The first-order valence-corrected chi connectivity index (χ1v) is 10.7. The van der Waals surface area contributed by atoms with Crippen LogP contribution in [0.4, 0.5) is 0 Å². The zero-order valence-electron chi connectivity index (χ0n) is 13.2. The van der Waals surface area contributed by atoms with Gasteiger partial charge in [0.1, 0.15) is 0 Å². The van der Waals surface area contributed by atoms with E-state index in [9.17, 15) is 9.90 Å². The molecule has 0 spiro atoms. The molecule has 0 amide bonds. The van der Waals surface area contributed by atoms with Crippen LogP contribution in [0, 0.1) is 5.41 Å². The zero-order valence-corrected chi connectivity index (χ0v) is 14.2. The molecule has 20 heavy (non-hydrogen) atoms. The maximum Gasteiger partial charge on any atom is 0.336 e. The van der Waals surface area contributed by atoms with Crippen LogP contribution >= 0.6 is 0 Å². The van der Waals surface area contributed by atoms with Gasteiger partial charge in [-0.05, 0) is 45.3 Å². The number of allylic oxidation sites excluding steroid dienone is 1. The number of esters is 1. The van der Waals surface area contributed by atoms with Crippen molar-refractivity contribution in [2.24, 2.45) is 5.41 Å². The molecule has 1 fully saturated rings. The zero-order chi connectivity index (χ0) is 15.2. The SMILES string of the molecule is COC(=O)C1=CCC[C@]2(C)C(O)CC[C@]12O[Si](C)(C)C. The van der Waals surface area contributed by atoms with Crippen molar-refractivity contribution < 1.29 is 19.1 Å². The Morgan fingerprint density at radius 2 is 2.05 bits per heavy atom. The summed E-state index contributed by atoms with van der Waals surface area (Å²) in [6.45, 7) is 8.42. The molecule has 1 unspecified atom stereocenters. The third kappa shape index (κ3) is 2.25. The molecule has 0 aromatic rings. The summed E-state index contributed by atoms with van der Waals surface area (Å²) >= 11 is 0. The summed E-state index contributed by atoms with van der Waals surface area (Å²) in [5.74, 6) is -0.316. The van der Waals surface area contributed by atoms with Gasteiger partial charge in [0.25, 0.3) is 0 Å². The van der Waals surface area contributed by atoms with E-state index >= 15 is 0 Å². The van der Waals surface area contributed by atoms with Crippen molar-refractivity contribution in [3.63, 3.8) is 0 Å². The lowest BCUT2D eigenvalue weighted by Crippen LogP contribution is -2.57. The molecule has 3 atom stereocenters. The molecule has 0 heterocycles. The number of methoxy groups -OCH3 is 1. The van der Waals surface area contributed by atoms with E-state index < -0.39 is 25.4 Å². The largest absolute Gasteiger partial charge is 0.466 e. The maximum atomic E-state index is 12.2. The highest BCUT2D eigenvalue weighted by Gasteiger charge is 2.63. The highest BCUT2D eigenvalue weighted by Crippen LogP contribution is 2.58. The summed E-state index contributed by atoms with van der Waals surface area (Å²) < 4.78 is 11.5. The van der Waals surface area contributed by atoms with Crippen molar-refractivity contribution in [2.75, 3.05) is 7.11 Å². The van der Waals surface area contributed by atoms with Gasteiger partial charge in [0.15, 0.2) is 8.32 Å². The lowest BCUT2D eigenvalue weighted by atomic mass is 9.65. The molecule has 1 saturated carbocycles. The fourth-order valence-electron chi connectivity index (χ4n) is 3.81. The minimum atomic E-state index is -1.88. The van der Waals surface area contributed by atoms with Crippen LogP contribution in [0.3, 0.4) is 0 Å². The van der Waals surface area contributed by atoms with Gasteiger partial charge >= 0.3 is 5.97 Å². The first-order valence-electron chi connectivity index (χ1n) is 7.33. The van der Waals surface area contributed by atoms with E-state index in [1.165, 1.54) is 7.11 Å². The molecule has 114 valence electrons. The van der Waals surface area contributed by atoms with Crippen LogP contribution < -0.4 is 0 Å². The molecule has 0 radical (unpaired) electrons. The quantitative estimate of drug-likeness (QED) is 0.643. The molecule has 1 N–H and O–H groups in total. The molecule has 2 aliphatic carbocycles. The average Bonchev–Trinajstić information content (AvgIpc) is 2.60. The van der Waals surface area contributed by atoms with Crippen LogP contribution in [-0.2, 0) is 14.0 Å². The number of aliphatic hydroxyl groups is 1. The third-order valence-corrected chi connectivity index (χ3v) is 5.72. The molecule has 2 aliphatic rings. The van der Waals surface area contributed by atoms with E-state index in [-0.39, 0.29) is 5.97 Å². The summed E-state index contributed by atoms with van der Waals surface area (Å²) in [5.41, 5.74) is -0.457. The Balaban J connectivity index is 2.53. The number of ether oxygens (including phenoxy) is 1. The normalized spacial score (nSPS) is 37.3. The second-order valence-electron chi connectivity index (χ2n) is 7.16. The number of fused-ring (bicyclic) bond motifs is 1. The number of hydrogen-bond donors (Lipinski definition) is 1. The number of rotatable bonds is 3. The van der Waals surface area contributed by atoms with Crippen molar-refractivity contribution in [1.29, 1.82) is 0 Å². The minimum Gasteiger partial charge on any atom is -0.466 e. The Morgan fingerprint density at radius 1 is 1.40 bits per heavy atom. The van der Waals surface area contributed by atoms with Crippen LogP contribution in [0.25, 0.3) is 0 Å². The van der Waals surface area contributed by atoms with Gasteiger partial charge in [-0.3, -0.25) is 0 Å². The van der Waals surface area contributed by atoms with E-state index in [0.29, 0.717) is 18.4 Å². The summed E-state index contributed by atoms with van der Waals surface area (Å²) in [7, 11) is -0.471. The molecule has 0 aliphatic heterocycles. The number of aliphatic hydroxyl groups excluding tert-OH is 1. The lowest BCUT2D eigenvalue weighted by molar-refractivity contribution is -0.142. The van der Waals surface area contributed by atoms with Gasteiger partial charge in [0, 0.05) is 5.41 Å². The highest BCUT2D eigenvalue weighted by atomic mass is 28.4. The number of carbonyl (C=O) groups is 1. The molecule has 4 nitrogen and oxygen atoms in total. The van der Waals surface area contributed by atoms with Crippen LogP contribution in [-0.4, -0.2) is 38.2 Å². The molecule has 2 rings (SSSR count). The monoisotopic (exact) mass is 298 g/mol. The standard InChI is InChI=1S/C15H26O4Si/c1-14-9-6-7-11(13(17)18-2)15(14,10-8-12(14)16)19-20(3,4)5/h7,12,16H,6,8-10H2,1-5H3/t12?,14-,15+/m1/s1. The molecular formula is C15H26O4Si. The van der Waals surface area contributed by atoms with Gasteiger partial charge < -0.3 is 14.3 Å². The molecule has 0 aromatic heterocycles. The second kappa shape index (κ2) is 4.96. The number of carbonyl (C=O) groups excluding carboxylic acids is 1. The Labute approximate surface area is 122 Å². The predicted octanol–water partition coefficient (Wildman–Crippen LogP) is 2.63. The highest BCUT2D eigenvalue weighted by molar-refractivity contribution is 6.69. The first kappa shape index (κ1) is 15.7. The summed E-state index contributed by atoms with van der Waals surface area (Å²) in [4.78, 5) is 12.2. The Morgan fingerprint density at radius 3 is 2.60 bits per heavy atom. The van der Waals surface area contributed by atoms with Crippen molar-refractivity contribution in [3.8, 4) is 0 Å². The van der Waals surface area contributed by atoms with E-state index in [0.717, 1.165) is 12.8 Å². The molecular weight excluding hydrogens is 272 g/mol. The van der Waals surface area contributed by atoms with Crippen molar-refractivity contribution in [3.05, 3.63) is 11.6 Å². The topological polar surface area (TPSA) is 55.8 Å². The first-order chi connectivity index (χ1) is 9.16. The van der Waals surface area contributed by atoms with Crippen LogP contribution in [0.5, 0.6) is 0 Å². The molecule has 0 saturated heterocycles. The second-order valence-corrected chi connectivity index (χ2v) is 11.6. The fourth-order valence-corrected chi connectivity index (χ4v) is 5.30. The maximum absolute atomic E-state index is 12.2. The van der Waals surface area contributed by atoms with E-state index in [2.05, 4.69) is 26.6 Å². The fraction of sp³-hybridized carbons (Fsp3) is 0.800. The van der Waals surface area contributed by atoms with Crippen LogP contribution in [0.1, 0.15) is 32.6 Å². The smallest absolute Gasteiger partial charge is 0.336 e. The summed E-state index contributed by atoms with van der Waals surface area (Å²) in [6.07, 6.45) is 4.53. The summed E-state index contributed by atoms with van der Waals surface area (Å²) in [5, 5.41) is 10.5. The molecule has 5 heteroatoms. The van der Waals surface area contributed by atoms with Gasteiger partial charge in [0.2, 0.25) is 0 Å². The van der Waals surface area contributed by atoms with Crippen molar-refractivity contribution in [2.45, 2.75) is 64.0 Å². The molecule has 0 aromatic carbocycles. The lowest BCUT2D eigenvalue weighted by Gasteiger charge is -2.50. The average molecular weight is 298 g/mol. The van der Waals surface area contributed by atoms with Gasteiger partial charge in [-0.1, -0.05) is 13.0 Å². The van der Waals surface area contributed by atoms with Gasteiger partial charge in [-0.25, -0.2) is 4.79 Å². The Hall–Kier alpha value is -0.653. The third-order valence-electron chi connectivity index (χ3n) is 4.76. The van der Waals surface area contributed by atoms with E-state index in [4.69, 9.17) is 9.16 Å². The van der Waals surface area contributed by atoms with Crippen LogP contribution in [0.15, 0.2) is 11.6 Å². The minimum absolute atomic E-state index is 0.316. The molecule has 0 bridgehead atoms. The Bertz CT molecular complexity index is 440. The summed E-state index contributed by atoms with van der Waals surface area (Å²) in [6, 6.07) is 0. The predicted molar refractivity (Wildman–Crippen MR) is 79.8 cm³/mol. The van der Waals surface area contributed by atoms with E-state index in [1.54, 1.807) is 0 Å². The number of hydrogen-bond acceptors (Lipinski definition) is 4. The van der Waals surface area contributed by atoms with Crippen molar-refractivity contribution in [1.82, 2.24) is 0 Å². The van der Waals surface area contributed by atoms with Gasteiger partial charge in [-0.2, -0.15) is 0 Å². The van der Waals surface area contributed by atoms with Crippen LogP contribution in [0.2, 0.25) is 19.6 Å². The van der Waals surface area contributed by atoms with E-state index in [1.807, 2.05) is 6.08 Å².